The molecule has 74 valence electrons. The summed E-state index contributed by atoms with van der Waals surface area (Å²) in [5.41, 5.74) is 5.78. The van der Waals surface area contributed by atoms with E-state index >= 15 is 0 Å². The molecule has 1 aromatic carbocycles. The molecule has 0 aromatic heterocycles. The summed E-state index contributed by atoms with van der Waals surface area (Å²) in [7, 11) is 1.28. The number of carbonyl (C=O) groups excluding carboxylic acids is 2. The molecule has 0 spiro atoms. The predicted octanol–water partition coefficient (Wildman–Crippen LogP) is 1.18. The molecule has 0 aliphatic carbocycles. The molecule has 0 heterocycles. The van der Waals surface area contributed by atoms with Gasteiger partial charge in [0.15, 0.2) is 0 Å². The second-order valence-corrected chi connectivity index (χ2v) is 3.71. The van der Waals surface area contributed by atoms with Gasteiger partial charge in [0.1, 0.15) is 0 Å². The minimum atomic E-state index is -0.555. The summed E-state index contributed by atoms with van der Waals surface area (Å²) in [4.78, 5) is 22.1. The smallest absolute Gasteiger partial charge is 0.337 e. The zero-order valence-corrected chi connectivity index (χ0v) is 9.57. The summed E-state index contributed by atoms with van der Waals surface area (Å²) >= 11 is 1.97. The fraction of sp³-hybridized carbons (Fsp3) is 0.111. The second-order valence-electron chi connectivity index (χ2n) is 2.55. The maximum Gasteiger partial charge on any atom is 0.337 e. The van der Waals surface area contributed by atoms with Crippen LogP contribution in [0.2, 0.25) is 0 Å². The van der Waals surface area contributed by atoms with Gasteiger partial charge in [0, 0.05) is 3.57 Å². The van der Waals surface area contributed by atoms with Crippen LogP contribution in [0.5, 0.6) is 0 Å². The first kappa shape index (κ1) is 11.0. The molecular formula is C9H8INO3. The van der Waals surface area contributed by atoms with Crippen LogP contribution in [-0.4, -0.2) is 19.0 Å². The third-order valence-corrected chi connectivity index (χ3v) is 2.59. The molecule has 0 radical (unpaired) electrons. The van der Waals surface area contributed by atoms with E-state index in [2.05, 4.69) is 4.74 Å². The Balaban J connectivity index is 3.19. The molecular weight excluding hydrogens is 297 g/mol. The van der Waals surface area contributed by atoms with Crippen molar-refractivity contribution in [1.82, 2.24) is 0 Å². The molecule has 5 heteroatoms. The van der Waals surface area contributed by atoms with E-state index in [1.165, 1.54) is 13.2 Å². The van der Waals surface area contributed by atoms with Crippen molar-refractivity contribution in [3.63, 3.8) is 0 Å². The van der Waals surface area contributed by atoms with Crippen LogP contribution in [0.1, 0.15) is 20.7 Å². The van der Waals surface area contributed by atoms with Gasteiger partial charge in [-0.2, -0.15) is 0 Å². The Labute approximate surface area is 94.6 Å². The van der Waals surface area contributed by atoms with E-state index in [0.29, 0.717) is 14.7 Å². The number of hydrogen-bond acceptors (Lipinski definition) is 3. The molecule has 0 aliphatic rings. The number of hydrogen-bond donors (Lipinski definition) is 1. The quantitative estimate of drug-likeness (QED) is 0.659. The van der Waals surface area contributed by atoms with Crippen LogP contribution in [0.3, 0.4) is 0 Å². The van der Waals surface area contributed by atoms with Crippen molar-refractivity contribution in [3.8, 4) is 0 Å². The SMILES string of the molecule is COC(=O)c1ccc(I)c(C(N)=O)c1. The van der Waals surface area contributed by atoms with E-state index in [4.69, 9.17) is 5.73 Å². The number of rotatable bonds is 2. The van der Waals surface area contributed by atoms with Gasteiger partial charge in [-0.1, -0.05) is 0 Å². The van der Waals surface area contributed by atoms with Gasteiger partial charge < -0.3 is 10.5 Å². The Hall–Kier alpha value is -1.11. The van der Waals surface area contributed by atoms with Crippen molar-refractivity contribution in [1.29, 1.82) is 0 Å². The Bertz CT molecular complexity index is 390. The largest absolute Gasteiger partial charge is 0.465 e. The number of benzene rings is 1. The molecule has 0 atom stereocenters. The van der Waals surface area contributed by atoms with Crippen LogP contribution >= 0.6 is 22.6 Å². The highest BCUT2D eigenvalue weighted by atomic mass is 127. The average molecular weight is 305 g/mol. The third-order valence-electron chi connectivity index (χ3n) is 1.65. The first-order valence-electron chi connectivity index (χ1n) is 3.74. The van der Waals surface area contributed by atoms with Crippen LogP contribution in [0, 0.1) is 3.57 Å². The number of carbonyl (C=O) groups is 2. The highest BCUT2D eigenvalue weighted by molar-refractivity contribution is 14.1. The highest BCUT2D eigenvalue weighted by Crippen LogP contribution is 2.14. The van der Waals surface area contributed by atoms with Gasteiger partial charge in [-0.3, -0.25) is 4.79 Å². The number of amides is 1. The van der Waals surface area contributed by atoms with Gasteiger partial charge in [0.25, 0.3) is 0 Å². The molecule has 0 unspecified atom stereocenters. The van der Waals surface area contributed by atoms with Crippen molar-refractivity contribution in [2.75, 3.05) is 7.11 Å². The third kappa shape index (κ3) is 2.22. The first-order chi connectivity index (χ1) is 6.56. The normalized spacial score (nSPS) is 9.57. The Morgan fingerprint density at radius 1 is 1.43 bits per heavy atom. The van der Waals surface area contributed by atoms with Crippen LogP contribution in [0.4, 0.5) is 0 Å². The number of methoxy groups -OCH3 is 1. The van der Waals surface area contributed by atoms with Crippen molar-refractivity contribution >= 4 is 34.5 Å². The topological polar surface area (TPSA) is 69.4 Å². The number of esters is 1. The molecule has 1 rings (SSSR count). The molecule has 0 fully saturated rings. The van der Waals surface area contributed by atoms with E-state index in [1.807, 2.05) is 22.6 Å². The molecule has 2 N–H and O–H groups in total. The van der Waals surface area contributed by atoms with Gasteiger partial charge in [-0.25, -0.2) is 4.79 Å². The molecule has 4 nitrogen and oxygen atoms in total. The van der Waals surface area contributed by atoms with Crippen molar-refractivity contribution in [2.45, 2.75) is 0 Å². The van der Waals surface area contributed by atoms with Crippen molar-refractivity contribution in [2.24, 2.45) is 5.73 Å². The molecule has 0 bridgehead atoms. The standard InChI is InChI=1S/C9H8INO3/c1-14-9(13)5-2-3-7(10)6(4-5)8(11)12/h2-4H,1H3,(H2,11,12). The van der Waals surface area contributed by atoms with Gasteiger partial charge in [0.2, 0.25) is 5.91 Å². The summed E-state index contributed by atoms with van der Waals surface area (Å²) in [6, 6.07) is 4.66. The van der Waals surface area contributed by atoms with Crippen LogP contribution in [0.25, 0.3) is 0 Å². The molecule has 0 aliphatic heterocycles. The molecule has 0 saturated heterocycles. The number of primary amides is 1. The van der Waals surface area contributed by atoms with E-state index in [9.17, 15) is 9.59 Å². The molecule has 1 aromatic rings. The lowest BCUT2D eigenvalue weighted by molar-refractivity contribution is 0.0600. The monoisotopic (exact) mass is 305 g/mol. The summed E-state index contributed by atoms with van der Waals surface area (Å²) in [5, 5.41) is 0. The maximum atomic E-state index is 11.1. The molecule has 14 heavy (non-hydrogen) atoms. The van der Waals surface area contributed by atoms with Gasteiger partial charge in [0.05, 0.1) is 18.2 Å². The maximum absolute atomic E-state index is 11.1. The van der Waals surface area contributed by atoms with E-state index in [0.717, 1.165) is 0 Å². The lowest BCUT2D eigenvalue weighted by Crippen LogP contribution is -2.14. The lowest BCUT2D eigenvalue weighted by atomic mass is 10.1. The highest BCUT2D eigenvalue weighted by Gasteiger charge is 2.11. The fourth-order valence-electron chi connectivity index (χ4n) is 0.959. The summed E-state index contributed by atoms with van der Waals surface area (Å²) in [5.74, 6) is -1.04. The van der Waals surface area contributed by atoms with Gasteiger partial charge in [-0.15, -0.1) is 0 Å². The van der Waals surface area contributed by atoms with Gasteiger partial charge >= 0.3 is 5.97 Å². The summed E-state index contributed by atoms with van der Waals surface area (Å²) in [6.07, 6.45) is 0. The van der Waals surface area contributed by atoms with E-state index < -0.39 is 11.9 Å². The van der Waals surface area contributed by atoms with E-state index in [1.54, 1.807) is 12.1 Å². The predicted molar refractivity (Wildman–Crippen MR) is 59.0 cm³/mol. The molecule has 0 saturated carbocycles. The van der Waals surface area contributed by atoms with Gasteiger partial charge in [-0.05, 0) is 40.8 Å². The second kappa shape index (κ2) is 4.41. The zero-order valence-electron chi connectivity index (χ0n) is 7.41. The van der Waals surface area contributed by atoms with E-state index in [-0.39, 0.29) is 0 Å². The minimum absolute atomic E-state index is 0.321. The molecule has 1 amide bonds. The fourth-order valence-corrected chi connectivity index (χ4v) is 1.56. The Morgan fingerprint density at radius 3 is 2.57 bits per heavy atom. The van der Waals surface area contributed by atoms with Crippen LogP contribution in [0.15, 0.2) is 18.2 Å². The summed E-state index contributed by atoms with van der Waals surface area (Å²) < 4.78 is 5.23. The zero-order chi connectivity index (χ0) is 10.7. The van der Waals surface area contributed by atoms with Crippen LogP contribution in [-0.2, 0) is 4.74 Å². The number of halogens is 1. The lowest BCUT2D eigenvalue weighted by Gasteiger charge is -2.03. The van der Waals surface area contributed by atoms with Crippen molar-refractivity contribution in [3.05, 3.63) is 32.9 Å². The Kier molecular flexibility index (Phi) is 3.45. The minimum Gasteiger partial charge on any atom is -0.465 e. The average Bonchev–Trinajstić information content (AvgIpc) is 2.17. The first-order valence-corrected chi connectivity index (χ1v) is 4.82. The number of nitrogens with two attached hydrogens (primary N) is 1. The Morgan fingerprint density at radius 2 is 2.07 bits per heavy atom. The summed E-state index contributed by atoms with van der Waals surface area (Å²) in [6.45, 7) is 0. The number of ether oxygens (including phenoxy) is 1. The van der Waals surface area contributed by atoms with Crippen LogP contribution < -0.4 is 5.73 Å². The van der Waals surface area contributed by atoms with Crippen molar-refractivity contribution < 1.29 is 14.3 Å².